The molecule has 2 heterocycles. The first-order valence-electron chi connectivity index (χ1n) is 16.4. The van der Waals surface area contributed by atoms with Crippen molar-refractivity contribution in [2.45, 2.75) is 90.5 Å². The van der Waals surface area contributed by atoms with Crippen LogP contribution in [-0.4, -0.2) is 75.0 Å². The van der Waals surface area contributed by atoms with E-state index in [9.17, 15) is 4.79 Å². The van der Waals surface area contributed by atoms with Gasteiger partial charge in [-0.3, -0.25) is 9.69 Å². The smallest absolute Gasteiger partial charge is 0.236 e. The van der Waals surface area contributed by atoms with Gasteiger partial charge in [-0.15, -0.1) is 0 Å². The number of para-hydroxylation sites is 1. The Bertz CT molecular complexity index is 1170. The Labute approximate surface area is 258 Å². The molecule has 1 amide bonds. The van der Waals surface area contributed by atoms with E-state index in [0.717, 1.165) is 106 Å². The number of hydrogen-bond acceptors (Lipinski definition) is 7. The fourth-order valence-corrected chi connectivity index (χ4v) is 6.32. The summed E-state index contributed by atoms with van der Waals surface area (Å²) in [5, 5.41) is 0. The van der Waals surface area contributed by atoms with Crippen molar-refractivity contribution >= 4 is 5.91 Å². The molecule has 2 N–H and O–H groups in total. The number of carbonyl (C=O) groups is 1. The second-order valence-electron chi connectivity index (χ2n) is 12.0. The largest absolute Gasteiger partial charge is 0.493 e. The van der Waals surface area contributed by atoms with E-state index in [1.54, 1.807) is 7.11 Å². The van der Waals surface area contributed by atoms with Crippen LogP contribution in [0, 0.1) is 6.92 Å². The van der Waals surface area contributed by atoms with Gasteiger partial charge in [0.05, 0.1) is 20.3 Å². The third-order valence-corrected chi connectivity index (χ3v) is 8.81. The highest BCUT2D eigenvalue weighted by Gasteiger charge is 2.35. The van der Waals surface area contributed by atoms with Gasteiger partial charge in [0.2, 0.25) is 12.7 Å². The number of aryl methyl sites for hydroxylation is 2. The standard InChI is InChI=1S/C35H53N3O5/c1-5-7-17-37(18-10-9-16-36)33(39)24-38-23-29(28-20-26(3)34(32(22-28)40-4)41-19-8-6-2)21-30(38)15-14-27-12-11-13-31-35(27)43-25-42-31/h11-13,20,22,29-30H,5-10,14-19,21,23-25,36H2,1-4H3/t29?,30-/m0/s1. The van der Waals surface area contributed by atoms with Crippen molar-refractivity contribution in [3.63, 3.8) is 0 Å². The lowest BCUT2D eigenvalue weighted by Gasteiger charge is -2.29. The number of rotatable bonds is 18. The molecule has 0 aromatic heterocycles. The average Bonchev–Trinajstić information content (AvgIpc) is 3.66. The zero-order valence-corrected chi connectivity index (χ0v) is 26.9. The van der Waals surface area contributed by atoms with Crippen LogP contribution >= 0.6 is 0 Å². The van der Waals surface area contributed by atoms with E-state index in [-0.39, 0.29) is 18.7 Å². The molecule has 2 aliphatic heterocycles. The molecule has 0 bridgehead atoms. The third-order valence-electron chi connectivity index (χ3n) is 8.81. The molecular weight excluding hydrogens is 542 g/mol. The van der Waals surface area contributed by atoms with Gasteiger partial charge in [-0.1, -0.05) is 44.9 Å². The maximum atomic E-state index is 13.7. The number of unbranched alkanes of at least 4 members (excludes halogenated alkanes) is 3. The summed E-state index contributed by atoms with van der Waals surface area (Å²) >= 11 is 0. The van der Waals surface area contributed by atoms with Gasteiger partial charge in [-0.25, -0.2) is 0 Å². The highest BCUT2D eigenvalue weighted by molar-refractivity contribution is 5.78. The zero-order valence-electron chi connectivity index (χ0n) is 26.9. The van der Waals surface area contributed by atoms with E-state index in [1.165, 1.54) is 11.1 Å². The molecule has 8 nitrogen and oxygen atoms in total. The Hall–Kier alpha value is -2.97. The zero-order chi connectivity index (χ0) is 30.6. The van der Waals surface area contributed by atoms with Crippen molar-refractivity contribution in [3.05, 3.63) is 47.0 Å². The molecule has 2 aromatic carbocycles. The Kier molecular flexibility index (Phi) is 12.8. The molecule has 0 radical (unpaired) electrons. The molecule has 0 spiro atoms. The lowest BCUT2D eigenvalue weighted by molar-refractivity contribution is -0.132. The second-order valence-corrected chi connectivity index (χ2v) is 12.0. The molecule has 8 heteroatoms. The topological polar surface area (TPSA) is 86.5 Å². The Morgan fingerprint density at radius 1 is 1.09 bits per heavy atom. The van der Waals surface area contributed by atoms with Crippen molar-refractivity contribution in [1.82, 2.24) is 9.80 Å². The maximum absolute atomic E-state index is 13.7. The minimum Gasteiger partial charge on any atom is -0.493 e. The molecule has 1 unspecified atom stereocenters. The molecule has 2 aliphatic rings. The molecule has 1 saturated heterocycles. The second kappa shape index (κ2) is 16.8. The van der Waals surface area contributed by atoms with E-state index in [2.05, 4.69) is 48.8 Å². The van der Waals surface area contributed by atoms with Gasteiger partial charge in [-0.05, 0) is 93.2 Å². The molecule has 2 atom stereocenters. The summed E-state index contributed by atoms with van der Waals surface area (Å²) in [5.41, 5.74) is 9.27. The third kappa shape index (κ3) is 8.79. The van der Waals surface area contributed by atoms with Gasteiger partial charge < -0.3 is 29.6 Å². The molecule has 0 aliphatic carbocycles. The first-order chi connectivity index (χ1) is 21.0. The van der Waals surface area contributed by atoms with Crippen LogP contribution < -0.4 is 24.7 Å². The molecule has 4 rings (SSSR count). The molecular formula is C35H53N3O5. The van der Waals surface area contributed by atoms with Crippen molar-refractivity contribution in [1.29, 1.82) is 0 Å². The van der Waals surface area contributed by atoms with Crippen molar-refractivity contribution < 1.29 is 23.7 Å². The Morgan fingerprint density at radius 3 is 2.67 bits per heavy atom. The van der Waals surface area contributed by atoms with Crippen LogP contribution in [0.1, 0.15) is 87.8 Å². The number of nitrogens with zero attached hydrogens (tertiary/aromatic N) is 2. The minimum absolute atomic E-state index is 0.224. The van der Waals surface area contributed by atoms with Crippen LogP contribution in [0.25, 0.3) is 0 Å². The fourth-order valence-electron chi connectivity index (χ4n) is 6.32. The first-order valence-corrected chi connectivity index (χ1v) is 16.4. The summed E-state index contributed by atoms with van der Waals surface area (Å²) in [7, 11) is 1.72. The van der Waals surface area contributed by atoms with Crippen molar-refractivity contribution in [2.75, 3.05) is 53.2 Å². The average molecular weight is 596 g/mol. The maximum Gasteiger partial charge on any atom is 0.236 e. The number of likely N-dealkylation sites (tertiary alicyclic amines) is 1. The summed E-state index contributed by atoms with van der Waals surface area (Å²) in [4.78, 5) is 18.2. The predicted molar refractivity (Wildman–Crippen MR) is 172 cm³/mol. The normalized spacial score (nSPS) is 17.8. The van der Waals surface area contributed by atoms with Crippen molar-refractivity contribution in [2.24, 2.45) is 5.73 Å². The van der Waals surface area contributed by atoms with E-state index < -0.39 is 0 Å². The quantitative estimate of drug-likeness (QED) is 0.209. The lowest BCUT2D eigenvalue weighted by Crippen LogP contribution is -2.43. The van der Waals surface area contributed by atoms with Crippen molar-refractivity contribution in [3.8, 4) is 23.0 Å². The van der Waals surface area contributed by atoms with E-state index in [4.69, 9.17) is 24.7 Å². The number of ether oxygens (including phenoxy) is 4. The van der Waals surface area contributed by atoms with Gasteiger partial charge in [0.15, 0.2) is 23.0 Å². The minimum atomic E-state index is 0.224. The first kappa shape index (κ1) is 32.9. The van der Waals surface area contributed by atoms with Gasteiger partial charge >= 0.3 is 0 Å². The summed E-state index contributed by atoms with van der Waals surface area (Å²) in [6.07, 6.45) is 8.89. The number of fused-ring (bicyclic) bond motifs is 1. The number of carbonyl (C=O) groups excluding carboxylic acids is 1. The monoisotopic (exact) mass is 595 g/mol. The SMILES string of the molecule is CCCCOc1c(C)cc(C2C[C@H](CCc3cccc4c3OCO4)N(CC(=O)N(CCCC)CCCCN)C2)cc1OC. The van der Waals surface area contributed by atoms with E-state index in [1.807, 2.05) is 12.1 Å². The summed E-state index contributed by atoms with van der Waals surface area (Å²) in [5.74, 6) is 3.84. The lowest BCUT2D eigenvalue weighted by atomic mass is 9.92. The van der Waals surface area contributed by atoms with Gasteiger partial charge in [0.1, 0.15) is 0 Å². The summed E-state index contributed by atoms with van der Waals surface area (Å²) in [6.45, 7) is 10.9. The van der Waals surface area contributed by atoms with E-state index in [0.29, 0.717) is 25.6 Å². The van der Waals surface area contributed by atoms with Gasteiger partial charge in [-0.2, -0.15) is 0 Å². The number of hydrogen-bond donors (Lipinski definition) is 1. The molecule has 2 aromatic rings. The molecule has 0 saturated carbocycles. The molecule has 238 valence electrons. The van der Waals surface area contributed by atoms with Crippen LogP contribution in [0.5, 0.6) is 23.0 Å². The number of amides is 1. The van der Waals surface area contributed by atoms with Crippen LogP contribution in [-0.2, 0) is 11.2 Å². The van der Waals surface area contributed by atoms with Gasteiger partial charge in [0.25, 0.3) is 0 Å². The van der Waals surface area contributed by atoms with Crippen LogP contribution in [0.4, 0.5) is 0 Å². The van der Waals surface area contributed by atoms with Crippen LogP contribution in [0.2, 0.25) is 0 Å². The molecule has 43 heavy (non-hydrogen) atoms. The highest BCUT2D eigenvalue weighted by atomic mass is 16.7. The Balaban J connectivity index is 1.53. The highest BCUT2D eigenvalue weighted by Crippen LogP contribution is 2.41. The molecule has 1 fully saturated rings. The van der Waals surface area contributed by atoms with Crippen LogP contribution in [0.3, 0.4) is 0 Å². The fraction of sp³-hybridized carbons (Fsp3) is 0.629. The number of methoxy groups -OCH3 is 1. The van der Waals surface area contributed by atoms with E-state index >= 15 is 0 Å². The predicted octanol–water partition coefficient (Wildman–Crippen LogP) is 6.07. The van der Waals surface area contributed by atoms with Gasteiger partial charge in [0, 0.05) is 25.7 Å². The number of nitrogens with two attached hydrogens (primary N) is 1. The summed E-state index contributed by atoms with van der Waals surface area (Å²) < 4.78 is 23.3. The summed E-state index contributed by atoms with van der Waals surface area (Å²) in [6, 6.07) is 10.8. The number of benzene rings is 2. The Morgan fingerprint density at radius 2 is 1.91 bits per heavy atom. The van der Waals surface area contributed by atoms with Crippen LogP contribution in [0.15, 0.2) is 30.3 Å².